The molecule has 0 aromatic heterocycles. The van der Waals surface area contributed by atoms with Crippen LogP contribution in [0.25, 0.3) is 0 Å². The van der Waals surface area contributed by atoms with E-state index in [0.717, 1.165) is 25.9 Å². The summed E-state index contributed by atoms with van der Waals surface area (Å²) in [5, 5.41) is 3.03. The van der Waals surface area contributed by atoms with Crippen molar-refractivity contribution in [3.63, 3.8) is 0 Å². The summed E-state index contributed by atoms with van der Waals surface area (Å²) in [7, 11) is -4.20. The highest BCUT2D eigenvalue weighted by Crippen LogP contribution is 2.28. The Morgan fingerprint density at radius 2 is 1.52 bits per heavy atom. The minimum absolute atomic E-state index is 0.0583. The summed E-state index contributed by atoms with van der Waals surface area (Å²) < 4.78 is 35.4. The molecule has 0 fully saturated rings. The second-order valence-electron chi connectivity index (χ2n) is 11.9. The zero-order chi connectivity index (χ0) is 34.7. The van der Waals surface area contributed by atoms with Gasteiger partial charge in [-0.15, -0.1) is 11.8 Å². The second-order valence-corrected chi connectivity index (χ2v) is 14.6. The van der Waals surface area contributed by atoms with Gasteiger partial charge in [0.25, 0.3) is 10.0 Å². The van der Waals surface area contributed by atoms with Gasteiger partial charge in [-0.25, -0.2) is 8.42 Å². The predicted molar refractivity (Wildman–Crippen MR) is 194 cm³/mol. The molecule has 0 aliphatic carbocycles. The minimum atomic E-state index is -4.20. The molecule has 0 aliphatic rings. The first-order valence-electron chi connectivity index (χ1n) is 16.1. The van der Waals surface area contributed by atoms with E-state index >= 15 is 0 Å². The van der Waals surface area contributed by atoms with Crippen molar-refractivity contribution >= 4 is 39.3 Å². The Balaban J connectivity index is 1.81. The zero-order valence-electron chi connectivity index (χ0n) is 28.3. The van der Waals surface area contributed by atoms with Gasteiger partial charge in [0, 0.05) is 24.4 Å². The van der Waals surface area contributed by atoms with Gasteiger partial charge in [-0.1, -0.05) is 68.4 Å². The molecule has 0 spiro atoms. The Labute approximate surface area is 289 Å². The number of nitrogens with one attached hydrogen (secondary N) is 1. The van der Waals surface area contributed by atoms with Gasteiger partial charge in [0.1, 0.15) is 18.3 Å². The number of hydrogen-bond acceptors (Lipinski definition) is 6. The predicted octanol–water partition coefficient (Wildman–Crippen LogP) is 6.72. The normalized spacial score (nSPS) is 12.0. The third-order valence-electron chi connectivity index (χ3n) is 7.92. The highest BCUT2D eigenvalue weighted by molar-refractivity contribution is 7.98. The van der Waals surface area contributed by atoms with Gasteiger partial charge >= 0.3 is 0 Å². The van der Waals surface area contributed by atoms with Crippen molar-refractivity contribution in [2.45, 2.75) is 56.5 Å². The van der Waals surface area contributed by atoms with Gasteiger partial charge in [-0.3, -0.25) is 13.9 Å². The molecule has 0 saturated heterocycles. The SMILES string of the molecule is CCOc1ccc(N(CC(=O)N(Cc2ccccc2C)C(Cc2ccccc2)C(=O)NCC(C)C)S(=O)(=O)c2ccc(SC)cc2)cc1. The molecule has 1 N–H and O–H groups in total. The summed E-state index contributed by atoms with van der Waals surface area (Å²) in [4.78, 5) is 31.1. The average molecular weight is 688 g/mol. The maximum Gasteiger partial charge on any atom is 0.264 e. The van der Waals surface area contributed by atoms with Crippen molar-refractivity contribution in [3.8, 4) is 5.75 Å². The Morgan fingerprint density at radius 1 is 0.875 bits per heavy atom. The molecule has 0 saturated carbocycles. The standard InChI is InChI=1S/C38H45N3O5S2/c1-6-46-33-18-16-32(17-19-33)41(48(44,45)35-22-20-34(47-5)21-23-35)27-37(42)40(26-31-15-11-10-12-29(31)4)36(38(43)39-25-28(2)3)24-30-13-8-7-9-14-30/h7-23,28,36H,6,24-27H2,1-5H3,(H,39,43). The molecular formula is C38H45N3O5S2. The van der Waals surface area contributed by atoms with Crippen LogP contribution in [-0.4, -0.2) is 57.1 Å². The number of carbonyl (C=O) groups excluding carboxylic acids is 2. The lowest BCUT2D eigenvalue weighted by atomic mass is 10.0. The third kappa shape index (κ3) is 9.64. The van der Waals surface area contributed by atoms with Crippen LogP contribution in [0.3, 0.4) is 0 Å². The highest BCUT2D eigenvalue weighted by atomic mass is 32.2. The van der Waals surface area contributed by atoms with E-state index in [9.17, 15) is 18.0 Å². The Hall–Kier alpha value is -4.28. The van der Waals surface area contributed by atoms with Gasteiger partial charge < -0.3 is 15.0 Å². The number of sulfonamides is 1. The van der Waals surface area contributed by atoms with Gasteiger partial charge in [-0.05, 0) is 91.2 Å². The van der Waals surface area contributed by atoms with E-state index in [1.165, 1.54) is 16.7 Å². The fraction of sp³-hybridized carbons (Fsp3) is 0.316. The van der Waals surface area contributed by atoms with Crippen LogP contribution in [0.5, 0.6) is 5.75 Å². The summed E-state index contributed by atoms with van der Waals surface area (Å²) in [6, 6.07) is 29.6. The van der Waals surface area contributed by atoms with Crippen molar-refractivity contribution in [2.75, 3.05) is 30.3 Å². The quantitative estimate of drug-likeness (QED) is 0.131. The van der Waals surface area contributed by atoms with E-state index in [2.05, 4.69) is 5.32 Å². The molecule has 1 unspecified atom stereocenters. The van der Waals surface area contributed by atoms with Crippen LogP contribution >= 0.6 is 11.8 Å². The van der Waals surface area contributed by atoms with E-state index < -0.39 is 28.5 Å². The number of aryl methyl sites for hydroxylation is 1. The van der Waals surface area contributed by atoms with Gasteiger partial charge in [0.05, 0.1) is 17.2 Å². The largest absolute Gasteiger partial charge is 0.494 e. The van der Waals surface area contributed by atoms with Crippen LogP contribution in [0.4, 0.5) is 5.69 Å². The molecule has 8 nitrogen and oxygen atoms in total. The molecule has 1 atom stereocenters. The van der Waals surface area contributed by atoms with Crippen LogP contribution < -0.4 is 14.4 Å². The lowest BCUT2D eigenvalue weighted by molar-refractivity contribution is -0.140. The Bertz CT molecular complexity index is 1750. The van der Waals surface area contributed by atoms with E-state index in [-0.39, 0.29) is 29.7 Å². The number of amides is 2. The first-order valence-corrected chi connectivity index (χ1v) is 18.7. The number of carbonyl (C=O) groups is 2. The highest BCUT2D eigenvalue weighted by Gasteiger charge is 2.35. The van der Waals surface area contributed by atoms with E-state index in [4.69, 9.17) is 4.74 Å². The topological polar surface area (TPSA) is 96.0 Å². The summed E-state index contributed by atoms with van der Waals surface area (Å²) >= 11 is 1.51. The third-order valence-corrected chi connectivity index (χ3v) is 10.5. The van der Waals surface area contributed by atoms with Gasteiger partial charge in [-0.2, -0.15) is 0 Å². The maximum atomic E-state index is 14.7. The summed E-state index contributed by atoms with van der Waals surface area (Å²) in [5.74, 6) is -0.0143. The number of anilines is 1. The first kappa shape index (κ1) is 36.6. The summed E-state index contributed by atoms with van der Waals surface area (Å²) in [6.45, 7) is 8.34. The Kier molecular flexibility index (Phi) is 13.1. The first-order chi connectivity index (χ1) is 23.0. The molecule has 0 aliphatic heterocycles. The van der Waals surface area contributed by atoms with Crippen molar-refractivity contribution in [1.29, 1.82) is 0 Å². The molecule has 10 heteroatoms. The molecule has 2 amide bonds. The van der Waals surface area contributed by atoms with Crippen molar-refractivity contribution in [2.24, 2.45) is 5.92 Å². The fourth-order valence-electron chi connectivity index (χ4n) is 5.23. The summed E-state index contributed by atoms with van der Waals surface area (Å²) in [5.41, 5.74) is 3.01. The van der Waals surface area contributed by atoms with Gasteiger partial charge in [0.2, 0.25) is 11.8 Å². The number of ether oxygens (including phenoxy) is 1. The van der Waals surface area contributed by atoms with Crippen LogP contribution in [0.2, 0.25) is 0 Å². The number of benzene rings is 4. The molecule has 4 aromatic carbocycles. The van der Waals surface area contributed by atoms with Crippen molar-refractivity contribution in [1.82, 2.24) is 10.2 Å². The maximum absolute atomic E-state index is 14.7. The average Bonchev–Trinajstić information content (AvgIpc) is 3.09. The van der Waals surface area contributed by atoms with Crippen molar-refractivity contribution in [3.05, 3.63) is 120 Å². The van der Waals surface area contributed by atoms with E-state index in [1.807, 2.05) is 88.5 Å². The monoisotopic (exact) mass is 687 g/mol. The Morgan fingerprint density at radius 3 is 2.12 bits per heavy atom. The molecule has 4 rings (SSSR count). The minimum Gasteiger partial charge on any atom is -0.494 e. The number of nitrogens with zero attached hydrogens (tertiary/aromatic N) is 2. The van der Waals surface area contributed by atoms with Crippen molar-refractivity contribution < 1.29 is 22.7 Å². The molecular weight excluding hydrogens is 643 g/mol. The number of hydrogen-bond donors (Lipinski definition) is 1. The molecule has 0 heterocycles. The number of thioether (sulfide) groups is 1. The number of rotatable bonds is 16. The van der Waals surface area contributed by atoms with Crippen LogP contribution in [-0.2, 0) is 32.6 Å². The van der Waals surface area contributed by atoms with Gasteiger partial charge in [0.15, 0.2) is 0 Å². The van der Waals surface area contributed by atoms with Crippen LogP contribution in [0, 0.1) is 12.8 Å². The summed E-state index contributed by atoms with van der Waals surface area (Å²) in [6.07, 6.45) is 2.18. The molecule has 0 bridgehead atoms. The second kappa shape index (κ2) is 17.2. The fourth-order valence-corrected chi connectivity index (χ4v) is 7.05. The van der Waals surface area contributed by atoms with Crippen LogP contribution in [0.1, 0.15) is 37.5 Å². The lowest BCUT2D eigenvalue weighted by Crippen LogP contribution is -2.53. The molecule has 0 radical (unpaired) electrons. The zero-order valence-corrected chi connectivity index (χ0v) is 29.9. The smallest absolute Gasteiger partial charge is 0.264 e. The molecule has 254 valence electrons. The van der Waals surface area contributed by atoms with E-state index in [1.54, 1.807) is 48.5 Å². The lowest BCUT2D eigenvalue weighted by Gasteiger charge is -2.34. The molecule has 48 heavy (non-hydrogen) atoms. The van der Waals surface area contributed by atoms with Crippen LogP contribution in [0.15, 0.2) is 113 Å². The molecule has 4 aromatic rings. The van der Waals surface area contributed by atoms with E-state index in [0.29, 0.717) is 24.6 Å².